The van der Waals surface area contributed by atoms with Gasteiger partial charge in [0, 0.05) is 26.2 Å². The molecule has 1 unspecified atom stereocenters. The number of methoxy groups -OCH3 is 2. The summed E-state index contributed by atoms with van der Waals surface area (Å²) in [6.07, 6.45) is 1.86. The molecule has 0 saturated carbocycles. The lowest BCUT2D eigenvalue weighted by Crippen LogP contribution is -2.72. The molecule has 2 amide bonds. The van der Waals surface area contributed by atoms with Crippen molar-refractivity contribution in [3.8, 4) is 11.5 Å². The van der Waals surface area contributed by atoms with Crippen molar-refractivity contribution in [3.63, 3.8) is 0 Å². The largest absolute Gasteiger partial charge is 0.497 e. The highest BCUT2D eigenvalue weighted by Crippen LogP contribution is 2.36. The zero-order valence-electron chi connectivity index (χ0n) is 21.3. The molecule has 1 spiro atoms. The quantitative estimate of drug-likeness (QED) is 0.626. The molecule has 0 aliphatic carbocycles. The summed E-state index contributed by atoms with van der Waals surface area (Å²) < 4.78 is 10.7. The van der Waals surface area contributed by atoms with Crippen LogP contribution in [0.3, 0.4) is 0 Å². The summed E-state index contributed by atoms with van der Waals surface area (Å²) in [7, 11) is 3.30. The Labute approximate surface area is 208 Å². The highest BCUT2D eigenvalue weighted by atomic mass is 16.5. The standard InChI is InChI=1S/C28H37N3O4/c1-20(2)16-25-26(32)31(19-22-6-5-7-24(17-22)35-4)28(27(33)29-25)12-14-30(15-13-28)18-21-8-10-23(34-3)11-9-21/h5-11,17,20,25H,12-16,18-19H2,1-4H3,(H,29,33). The molecule has 7 nitrogen and oxygen atoms in total. The van der Waals surface area contributed by atoms with E-state index in [4.69, 9.17) is 9.47 Å². The Morgan fingerprint density at radius 1 is 0.943 bits per heavy atom. The second-order valence-corrected chi connectivity index (χ2v) is 10.1. The van der Waals surface area contributed by atoms with Gasteiger partial charge >= 0.3 is 0 Å². The topological polar surface area (TPSA) is 71.1 Å². The fourth-order valence-electron chi connectivity index (χ4n) is 5.26. The Morgan fingerprint density at radius 3 is 2.26 bits per heavy atom. The summed E-state index contributed by atoms with van der Waals surface area (Å²) in [5.41, 5.74) is 1.34. The van der Waals surface area contributed by atoms with Crippen LogP contribution in [0.5, 0.6) is 11.5 Å². The van der Waals surface area contributed by atoms with E-state index < -0.39 is 11.6 Å². The summed E-state index contributed by atoms with van der Waals surface area (Å²) in [6.45, 7) is 6.85. The van der Waals surface area contributed by atoms with Gasteiger partial charge in [0.15, 0.2) is 0 Å². The maximum Gasteiger partial charge on any atom is 0.246 e. The highest BCUT2D eigenvalue weighted by Gasteiger charge is 2.53. The Balaban J connectivity index is 1.54. The number of benzene rings is 2. The first-order valence-corrected chi connectivity index (χ1v) is 12.5. The summed E-state index contributed by atoms with van der Waals surface area (Å²) >= 11 is 0. The normalized spacial score (nSPS) is 20.3. The van der Waals surface area contributed by atoms with Crippen molar-refractivity contribution in [1.82, 2.24) is 15.1 Å². The highest BCUT2D eigenvalue weighted by molar-refractivity contribution is 6.00. The minimum atomic E-state index is -0.829. The van der Waals surface area contributed by atoms with E-state index in [1.54, 1.807) is 14.2 Å². The van der Waals surface area contributed by atoms with Crippen LogP contribution in [0.2, 0.25) is 0 Å². The monoisotopic (exact) mass is 479 g/mol. The number of amides is 2. The van der Waals surface area contributed by atoms with Crippen molar-refractivity contribution in [3.05, 3.63) is 59.7 Å². The molecular formula is C28H37N3O4. The van der Waals surface area contributed by atoms with Gasteiger partial charge in [0.05, 0.1) is 14.2 Å². The number of hydrogen-bond donors (Lipinski definition) is 1. The van der Waals surface area contributed by atoms with Crippen LogP contribution in [0.1, 0.15) is 44.2 Å². The number of piperazine rings is 1. The van der Waals surface area contributed by atoms with Crippen LogP contribution in [-0.2, 0) is 22.7 Å². The third kappa shape index (κ3) is 5.45. The van der Waals surface area contributed by atoms with Crippen molar-refractivity contribution in [2.24, 2.45) is 5.92 Å². The lowest BCUT2D eigenvalue weighted by atomic mass is 9.80. The van der Waals surface area contributed by atoms with Crippen LogP contribution >= 0.6 is 0 Å². The molecule has 2 aliphatic heterocycles. The van der Waals surface area contributed by atoms with Gasteiger partial charge in [0.1, 0.15) is 23.1 Å². The van der Waals surface area contributed by atoms with Gasteiger partial charge in [-0.2, -0.15) is 0 Å². The number of nitrogens with zero attached hydrogens (tertiary/aromatic N) is 2. The number of ether oxygens (including phenoxy) is 2. The van der Waals surface area contributed by atoms with Gasteiger partial charge in [-0.05, 0) is 60.6 Å². The maximum atomic E-state index is 13.7. The van der Waals surface area contributed by atoms with Crippen molar-refractivity contribution in [2.75, 3.05) is 27.3 Å². The molecule has 7 heteroatoms. The molecule has 2 fully saturated rings. The number of carbonyl (C=O) groups excluding carboxylic acids is 2. The Kier molecular flexibility index (Phi) is 7.65. The third-order valence-electron chi connectivity index (χ3n) is 7.24. The number of hydrogen-bond acceptors (Lipinski definition) is 5. The predicted molar refractivity (Wildman–Crippen MR) is 135 cm³/mol. The Hall–Kier alpha value is -3.06. The molecule has 2 heterocycles. The fourth-order valence-corrected chi connectivity index (χ4v) is 5.26. The van der Waals surface area contributed by atoms with Crippen LogP contribution in [0, 0.1) is 5.92 Å². The molecule has 1 atom stereocenters. The van der Waals surface area contributed by atoms with E-state index >= 15 is 0 Å². The van der Waals surface area contributed by atoms with E-state index in [1.807, 2.05) is 41.3 Å². The molecule has 0 aromatic heterocycles. The van der Waals surface area contributed by atoms with Crippen LogP contribution < -0.4 is 14.8 Å². The van der Waals surface area contributed by atoms with Gasteiger partial charge in [0.2, 0.25) is 11.8 Å². The number of likely N-dealkylation sites (tertiary alicyclic amines) is 1. The first-order chi connectivity index (χ1) is 16.8. The number of rotatable bonds is 8. The molecular weight excluding hydrogens is 442 g/mol. The van der Waals surface area contributed by atoms with Gasteiger partial charge < -0.3 is 19.7 Å². The zero-order chi connectivity index (χ0) is 25.0. The van der Waals surface area contributed by atoms with E-state index in [1.165, 1.54) is 5.56 Å². The molecule has 1 N–H and O–H groups in total. The minimum Gasteiger partial charge on any atom is -0.497 e. The molecule has 4 rings (SSSR count). The Morgan fingerprint density at radius 2 is 1.63 bits per heavy atom. The number of nitrogens with one attached hydrogen (secondary N) is 1. The van der Waals surface area contributed by atoms with E-state index in [9.17, 15) is 9.59 Å². The molecule has 0 radical (unpaired) electrons. The van der Waals surface area contributed by atoms with Crippen molar-refractivity contribution in [2.45, 2.75) is 57.8 Å². The second-order valence-electron chi connectivity index (χ2n) is 10.1. The van der Waals surface area contributed by atoms with Gasteiger partial charge in [-0.3, -0.25) is 14.5 Å². The lowest BCUT2D eigenvalue weighted by Gasteiger charge is -2.52. The molecule has 2 aromatic carbocycles. The predicted octanol–water partition coefficient (Wildman–Crippen LogP) is 3.61. The average Bonchev–Trinajstić information content (AvgIpc) is 2.86. The molecule has 2 aliphatic rings. The Bertz CT molecular complexity index is 1030. The zero-order valence-corrected chi connectivity index (χ0v) is 21.3. The number of piperidine rings is 1. The first-order valence-electron chi connectivity index (χ1n) is 12.5. The molecule has 0 bridgehead atoms. The van der Waals surface area contributed by atoms with Gasteiger partial charge in [0.25, 0.3) is 0 Å². The fraction of sp³-hybridized carbons (Fsp3) is 0.500. The van der Waals surface area contributed by atoms with Crippen molar-refractivity contribution in [1.29, 1.82) is 0 Å². The minimum absolute atomic E-state index is 0.0183. The van der Waals surface area contributed by atoms with Crippen molar-refractivity contribution < 1.29 is 19.1 Å². The van der Waals surface area contributed by atoms with E-state index in [0.717, 1.165) is 36.7 Å². The van der Waals surface area contributed by atoms with E-state index in [2.05, 4.69) is 36.2 Å². The second kappa shape index (κ2) is 10.7. The van der Waals surface area contributed by atoms with Gasteiger partial charge in [-0.15, -0.1) is 0 Å². The molecule has 35 heavy (non-hydrogen) atoms. The number of carbonyl (C=O) groups is 2. The van der Waals surface area contributed by atoms with Crippen molar-refractivity contribution >= 4 is 11.8 Å². The molecule has 2 saturated heterocycles. The summed E-state index contributed by atoms with van der Waals surface area (Å²) in [5.74, 6) is 1.90. The maximum absolute atomic E-state index is 13.7. The summed E-state index contributed by atoms with van der Waals surface area (Å²) in [6, 6.07) is 15.4. The van der Waals surface area contributed by atoms with Gasteiger partial charge in [-0.25, -0.2) is 0 Å². The first kappa shape index (κ1) is 25.0. The smallest absolute Gasteiger partial charge is 0.246 e. The SMILES string of the molecule is COc1ccc(CN2CCC3(CC2)C(=O)NC(CC(C)C)C(=O)N3Cc2cccc(OC)c2)cc1. The van der Waals surface area contributed by atoms with Crippen LogP contribution in [0.25, 0.3) is 0 Å². The molecule has 188 valence electrons. The lowest BCUT2D eigenvalue weighted by molar-refractivity contribution is -0.162. The van der Waals surface area contributed by atoms with Crippen LogP contribution in [0.15, 0.2) is 48.5 Å². The van der Waals surface area contributed by atoms with Crippen LogP contribution in [-0.4, -0.2) is 60.5 Å². The van der Waals surface area contributed by atoms with E-state index in [0.29, 0.717) is 31.7 Å². The van der Waals surface area contributed by atoms with Gasteiger partial charge in [-0.1, -0.05) is 38.1 Å². The molecule has 2 aromatic rings. The average molecular weight is 480 g/mol. The van der Waals surface area contributed by atoms with Crippen LogP contribution in [0.4, 0.5) is 0 Å². The van der Waals surface area contributed by atoms with E-state index in [-0.39, 0.29) is 11.8 Å². The summed E-state index contributed by atoms with van der Waals surface area (Å²) in [4.78, 5) is 31.5. The third-order valence-corrected chi connectivity index (χ3v) is 7.24. The summed E-state index contributed by atoms with van der Waals surface area (Å²) in [5, 5.41) is 3.09.